The quantitative estimate of drug-likeness (QED) is 0.852. The van der Waals surface area contributed by atoms with Crippen molar-refractivity contribution in [2.45, 2.75) is 26.4 Å². The SMILES string of the molecule is CC(O)CC(C)CNC(=O)c1ccc(-c2ccccc2F)s1. The fourth-order valence-electron chi connectivity index (χ4n) is 2.29. The normalized spacial score (nSPS) is 13.6. The van der Waals surface area contributed by atoms with E-state index in [0.717, 1.165) is 4.88 Å². The number of carbonyl (C=O) groups is 1. The summed E-state index contributed by atoms with van der Waals surface area (Å²) in [6.45, 7) is 4.22. The van der Waals surface area contributed by atoms with Gasteiger partial charge < -0.3 is 10.4 Å². The zero-order chi connectivity index (χ0) is 16.1. The molecule has 0 aliphatic carbocycles. The molecule has 2 atom stereocenters. The lowest BCUT2D eigenvalue weighted by molar-refractivity contribution is 0.0943. The van der Waals surface area contributed by atoms with Crippen molar-refractivity contribution in [3.05, 3.63) is 47.1 Å². The van der Waals surface area contributed by atoms with Crippen LogP contribution < -0.4 is 5.32 Å². The molecule has 2 rings (SSSR count). The highest BCUT2D eigenvalue weighted by Crippen LogP contribution is 2.29. The third kappa shape index (κ3) is 4.39. The van der Waals surface area contributed by atoms with E-state index in [1.165, 1.54) is 17.4 Å². The lowest BCUT2D eigenvalue weighted by Gasteiger charge is -2.13. The second-order valence-electron chi connectivity index (χ2n) is 5.54. The summed E-state index contributed by atoms with van der Waals surface area (Å²) in [5, 5.41) is 12.2. The van der Waals surface area contributed by atoms with Crippen LogP contribution in [-0.2, 0) is 0 Å². The number of carbonyl (C=O) groups excluding carboxylic acids is 1. The fraction of sp³-hybridized carbons (Fsp3) is 0.353. The summed E-state index contributed by atoms with van der Waals surface area (Å²) in [5.41, 5.74) is 0.508. The maximum absolute atomic E-state index is 13.7. The molecule has 1 amide bonds. The first kappa shape index (κ1) is 16.6. The second-order valence-corrected chi connectivity index (χ2v) is 6.63. The Kier molecular flexibility index (Phi) is 5.69. The van der Waals surface area contributed by atoms with Gasteiger partial charge in [-0.1, -0.05) is 25.1 Å². The maximum atomic E-state index is 13.7. The Labute approximate surface area is 133 Å². The van der Waals surface area contributed by atoms with Gasteiger partial charge in [-0.3, -0.25) is 4.79 Å². The molecule has 5 heteroatoms. The summed E-state index contributed by atoms with van der Waals surface area (Å²) in [5.74, 6) is -0.248. The molecule has 1 aromatic heterocycles. The number of nitrogens with one attached hydrogen (secondary N) is 1. The Morgan fingerprint density at radius 2 is 2.00 bits per heavy atom. The van der Waals surface area contributed by atoms with Crippen LogP contribution in [0.25, 0.3) is 10.4 Å². The molecule has 0 aliphatic heterocycles. The molecule has 0 saturated carbocycles. The van der Waals surface area contributed by atoms with Crippen LogP contribution in [0.4, 0.5) is 4.39 Å². The first-order valence-electron chi connectivity index (χ1n) is 7.28. The van der Waals surface area contributed by atoms with Gasteiger partial charge in [0.15, 0.2) is 0 Å². The van der Waals surface area contributed by atoms with Crippen LogP contribution in [0.1, 0.15) is 29.9 Å². The largest absolute Gasteiger partial charge is 0.393 e. The minimum absolute atomic E-state index is 0.162. The van der Waals surface area contributed by atoms with Gasteiger partial charge in [0.1, 0.15) is 5.82 Å². The van der Waals surface area contributed by atoms with Crippen molar-refractivity contribution in [2.75, 3.05) is 6.54 Å². The van der Waals surface area contributed by atoms with Gasteiger partial charge in [0.05, 0.1) is 11.0 Å². The minimum Gasteiger partial charge on any atom is -0.393 e. The Morgan fingerprint density at radius 3 is 2.68 bits per heavy atom. The number of hydrogen-bond donors (Lipinski definition) is 2. The topological polar surface area (TPSA) is 49.3 Å². The highest BCUT2D eigenvalue weighted by molar-refractivity contribution is 7.17. The number of aliphatic hydroxyl groups is 1. The standard InChI is InChI=1S/C17H20FNO2S/c1-11(9-12(2)20)10-19-17(21)16-8-7-15(22-16)13-5-3-4-6-14(13)18/h3-8,11-12,20H,9-10H2,1-2H3,(H,19,21). The number of thiophene rings is 1. The van der Waals surface area contributed by atoms with Crippen LogP contribution in [0.2, 0.25) is 0 Å². The molecule has 0 fully saturated rings. The van der Waals surface area contributed by atoms with Crippen molar-refractivity contribution < 1.29 is 14.3 Å². The summed E-state index contributed by atoms with van der Waals surface area (Å²) in [7, 11) is 0. The van der Waals surface area contributed by atoms with E-state index in [9.17, 15) is 14.3 Å². The van der Waals surface area contributed by atoms with Gasteiger partial charge in [0.2, 0.25) is 0 Å². The Bertz CT molecular complexity index is 639. The highest BCUT2D eigenvalue weighted by Gasteiger charge is 2.13. The van der Waals surface area contributed by atoms with Gasteiger partial charge in [-0.25, -0.2) is 4.39 Å². The van der Waals surface area contributed by atoms with E-state index in [0.29, 0.717) is 23.4 Å². The summed E-state index contributed by atoms with van der Waals surface area (Å²) in [4.78, 5) is 13.4. The van der Waals surface area contributed by atoms with Crippen LogP contribution >= 0.6 is 11.3 Å². The van der Waals surface area contributed by atoms with E-state index in [1.54, 1.807) is 37.3 Å². The van der Waals surface area contributed by atoms with E-state index in [4.69, 9.17) is 0 Å². The predicted molar refractivity (Wildman–Crippen MR) is 87.5 cm³/mol. The number of halogens is 1. The van der Waals surface area contributed by atoms with Crippen LogP contribution in [0.15, 0.2) is 36.4 Å². The van der Waals surface area contributed by atoms with E-state index in [-0.39, 0.29) is 23.7 Å². The summed E-state index contributed by atoms with van der Waals surface area (Å²) >= 11 is 1.27. The lowest BCUT2D eigenvalue weighted by Crippen LogP contribution is -2.28. The van der Waals surface area contributed by atoms with Crippen molar-refractivity contribution in [1.82, 2.24) is 5.32 Å². The number of aliphatic hydroxyl groups excluding tert-OH is 1. The molecular weight excluding hydrogens is 301 g/mol. The summed E-state index contributed by atoms with van der Waals surface area (Å²) < 4.78 is 13.7. The van der Waals surface area contributed by atoms with Crippen molar-refractivity contribution in [3.8, 4) is 10.4 Å². The minimum atomic E-state index is -0.374. The van der Waals surface area contributed by atoms with E-state index < -0.39 is 0 Å². The number of hydrogen-bond acceptors (Lipinski definition) is 3. The molecule has 2 aromatic rings. The summed E-state index contributed by atoms with van der Waals surface area (Å²) in [6, 6.07) is 10.00. The number of rotatable bonds is 6. The molecule has 2 unspecified atom stereocenters. The molecule has 1 aromatic carbocycles. The summed E-state index contributed by atoms with van der Waals surface area (Å²) in [6.07, 6.45) is 0.270. The molecule has 3 nitrogen and oxygen atoms in total. The van der Waals surface area contributed by atoms with E-state index in [2.05, 4.69) is 5.32 Å². The average molecular weight is 321 g/mol. The van der Waals surface area contributed by atoms with Crippen LogP contribution in [0.5, 0.6) is 0 Å². The van der Waals surface area contributed by atoms with E-state index in [1.807, 2.05) is 6.92 Å². The van der Waals surface area contributed by atoms with Gasteiger partial charge in [-0.05, 0) is 37.5 Å². The average Bonchev–Trinajstić information content (AvgIpc) is 2.94. The molecule has 22 heavy (non-hydrogen) atoms. The molecule has 118 valence electrons. The zero-order valence-electron chi connectivity index (χ0n) is 12.7. The van der Waals surface area contributed by atoms with Crippen molar-refractivity contribution in [2.24, 2.45) is 5.92 Å². The number of amides is 1. The second kappa shape index (κ2) is 7.51. The monoisotopic (exact) mass is 321 g/mol. The molecule has 2 N–H and O–H groups in total. The van der Waals surface area contributed by atoms with Gasteiger partial charge in [0, 0.05) is 17.0 Å². The predicted octanol–water partition coefficient (Wildman–Crippen LogP) is 3.69. The maximum Gasteiger partial charge on any atom is 0.261 e. The van der Waals surface area contributed by atoms with Crippen LogP contribution in [-0.4, -0.2) is 23.7 Å². The molecule has 0 radical (unpaired) electrons. The smallest absolute Gasteiger partial charge is 0.261 e. The molecule has 0 saturated heterocycles. The van der Waals surface area contributed by atoms with Crippen molar-refractivity contribution in [1.29, 1.82) is 0 Å². The Balaban J connectivity index is 1.99. The molecule has 0 bridgehead atoms. The fourth-order valence-corrected chi connectivity index (χ4v) is 3.23. The van der Waals surface area contributed by atoms with Crippen LogP contribution in [0, 0.1) is 11.7 Å². The molecule has 1 heterocycles. The first-order valence-corrected chi connectivity index (χ1v) is 8.10. The molecule has 0 spiro atoms. The third-order valence-electron chi connectivity index (χ3n) is 3.32. The molecular formula is C17H20FNO2S. The Hall–Kier alpha value is -1.72. The first-order chi connectivity index (χ1) is 10.5. The number of benzene rings is 1. The van der Waals surface area contributed by atoms with Crippen LogP contribution in [0.3, 0.4) is 0 Å². The lowest BCUT2D eigenvalue weighted by atomic mass is 10.0. The van der Waals surface area contributed by atoms with Crippen molar-refractivity contribution in [3.63, 3.8) is 0 Å². The zero-order valence-corrected chi connectivity index (χ0v) is 13.5. The van der Waals surface area contributed by atoms with Gasteiger partial charge in [-0.2, -0.15) is 0 Å². The van der Waals surface area contributed by atoms with Gasteiger partial charge in [-0.15, -0.1) is 11.3 Å². The van der Waals surface area contributed by atoms with E-state index >= 15 is 0 Å². The highest BCUT2D eigenvalue weighted by atomic mass is 32.1. The van der Waals surface area contributed by atoms with Gasteiger partial charge in [0.25, 0.3) is 5.91 Å². The Morgan fingerprint density at radius 1 is 1.27 bits per heavy atom. The van der Waals surface area contributed by atoms with Gasteiger partial charge >= 0.3 is 0 Å². The molecule has 0 aliphatic rings. The van der Waals surface area contributed by atoms with Crippen molar-refractivity contribution >= 4 is 17.2 Å². The third-order valence-corrected chi connectivity index (χ3v) is 4.44.